The standard InChI is InChI=1S/C10H9N3O3/c1-6-5-8(13-16-6)10(15)12-7-3-2-4-11-9(7)14/h2-5H,1H3,(H,11,14)(H,12,15). The highest BCUT2D eigenvalue weighted by molar-refractivity contribution is 6.02. The molecule has 1 amide bonds. The van der Waals surface area contributed by atoms with Crippen molar-refractivity contribution in [3.8, 4) is 0 Å². The number of amides is 1. The van der Waals surface area contributed by atoms with Crippen molar-refractivity contribution in [2.75, 3.05) is 5.32 Å². The third-order valence-electron chi connectivity index (χ3n) is 1.93. The van der Waals surface area contributed by atoms with Crippen LogP contribution in [0.5, 0.6) is 0 Å². The van der Waals surface area contributed by atoms with Crippen LogP contribution in [0.3, 0.4) is 0 Å². The first-order valence-electron chi connectivity index (χ1n) is 4.59. The predicted molar refractivity (Wildman–Crippen MR) is 56.3 cm³/mol. The Labute approximate surface area is 90.3 Å². The maximum absolute atomic E-state index is 11.6. The summed E-state index contributed by atoms with van der Waals surface area (Å²) in [5.41, 5.74) is -0.0510. The summed E-state index contributed by atoms with van der Waals surface area (Å²) in [6.45, 7) is 1.68. The van der Waals surface area contributed by atoms with Crippen LogP contribution in [0.4, 0.5) is 5.69 Å². The smallest absolute Gasteiger partial charge is 0.278 e. The van der Waals surface area contributed by atoms with Crippen molar-refractivity contribution in [1.82, 2.24) is 10.1 Å². The summed E-state index contributed by atoms with van der Waals surface area (Å²) in [7, 11) is 0. The minimum absolute atomic E-state index is 0.140. The average molecular weight is 219 g/mol. The monoisotopic (exact) mass is 219 g/mol. The molecule has 2 rings (SSSR count). The molecule has 0 radical (unpaired) electrons. The molecule has 0 saturated heterocycles. The summed E-state index contributed by atoms with van der Waals surface area (Å²) < 4.78 is 4.76. The van der Waals surface area contributed by atoms with Crippen LogP contribution in [0, 0.1) is 6.92 Å². The topological polar surface area (TPSA) is 88.0 Å². The second kappa shape index (κ2) is 4.01. The summed E-state index contributed by atoms with van der Waals surface area (Å²) in [5, 5.41) is 5.98. The number of aromatic amines is 1. The van der Waals surface area contributed by atoms with Crippen LogP contribution in [-0.4, -0.2) is 16.0 Å². The van der Waals surface area contributed by atoms with E-state index in [0.717, 1.165) is 0 Å². The van der Waals surface area contributed by atoms with Crippen LogP contribution >= 0.6 is 0 Å². The van der Waals surface area contributed by atoms with Gasteiger partial charge < -0.3 is 14.8 Å². The number of hydrogen-bond acceptors (Lipinski definition) is 4. The number of aryl methyl sites for hydroxylation is 1. The number of nitrogens with one attached hydrogen (secondary N) is 2. The zero-order valence-electron chi connectivity index (χ0n) is 8.48. The van der Waals surface area contributed by atoms with E-state index in [4.69, 9.17) is 4.52 Å². The molecule has 0 atom stereocenters. The van der Waals surface area contributed by atoms with Gasteiger partial charge in [-0.15, -0.1) is 0 Å². The molecule has 82 valence electrons. The molecule has 0 fully saturated rings. The van der Waals surface area contributed by atoms with E-state index in [1.54, 1.807) is 13.0 Å². The fourth-order valence-electron chi connectivity index (χ4n) is 1.18. The molecule has 0 saturated carbocycles. The van der Waals surface area contributed by atoms with Crippen molar-refractivity contribution in [1.29, 1.82) is 0 Å². The lowest BCUT2D eigenvalue weighted by Gasteiger charge is -1.99. The van der Waals surface area contributed by atoms with Crippen molar-refractivity contribution < 1.29 is 9.32 Å². The summed E-state index contributed by atoms with van der Waals surface area (Å²) in [5.74, 6) is 0.0562. The Kier molecular flexibility index (Phi) is 2.55. The fourth-order valence-corrected chi connectivity index (χ4v) is 1.18. The SMILES string of the molecule is Cc1cc(C(=O)Nc2ccc[nH]c2=O)no1. The molecule has 0 bridgehead atoms. The average Bonchev–Trinajstić information content (AvgIpc) is 2.68. The van der Waals surface area contributed by atoms with Crippen molar-refractivity contribution in [2.45, 2.75) is 6.92 Å². The summed E-state index contributed by atoms with van der Waals surface area (Å²) in [4.78, 5) is 25.3. The molecule has 2 N–H and O–H groups in total. The van der Waals surface area contributed by atoms with Gasteiger partial charge in [0.1, 0.15) is 11.4 Å². The van der Waals surface area contributed by atoms with E-state index < -0.39 is 5.91 Å². The van der Waals surface area contributed by atoms with Crippen LogP contribution in [0.1, 0.15) is 16.2 Å². The number of aromatic nitrogens is 2. The van der Waals surface area contributed by atoms with Gasteiger partial charge in [-0.3, -0.25) is 9.59 Å². The number of anilines is 1. The van der Waals surface area contributed by atoms with Gasteiger partial charge in [-0.25, -0.2) is 0 Å². The molecule has 0 aliphatic heterocycles. The molecular formula is C10H9N3O3. The van der Waals surface area contributed by atoms with Crippen LogP contribution < -0.4 is 10.9 Å². The molecule has 2 aromatic heterocycles. The lowest BCUT2D eigenvalue weighted by atomic mass is 10.3. The molecule has 0 spiro atoms. The van der Waals surface area contributed by atoms with E-state index in [9.17, 15) is 9.59 Å². The normalized spacial score (nSPS) is 10.1. The van der Waals surface area contributed by atoms with Gasteiger partial charge in [0.15, 0.2) is 5.69 Å². The first kappa shape index (κ1) is 10.2. The van der Waals surface area contributed by atoms with Crippen LogP contribution in [0.2, 0.25) is 0 Å². The van der Waals surface area contributed by atoms with E-state index >= 15 is 0 Å². The summed E-state index contributed by atoms with van der Waals surface area (Å²) >= 11 is 0. The first-order chi connectivity index (χ1) is 7.66. The number of rotatable bonds is 2. The molecule has 0 aliphatic rings. The van der Waals surface area contributed by atoms with E-state index in [1.165, 1.54) is 18.3 Å². The molecule has 0 aromatic carbocycles. The first-order valence-corrected chi connectivity index (χ1v) is 4.59. The Hall–Kier alpha value is -2.37. The van der Waals surface area contributed by atoms with Crippen LogP contribution in [0.15, 0.2) is 33.7 Å². The Morgan fingerprint density at radius 1 is 1.56 bits per heavy atom. The quantitative estimate of drug-likeness (QED) is 0.786. The molecule has 0 unspecified atom stereocenters. The summed E-state index contributed by atoms with van der Waals surface area (Å²) in [6, 6.07) is 4.61. The minimum Gasteiger partial charge on any atom is -0.361 e. The van der Waals surface area contributed by atoms with Gasteiger partial charge in [0, 0.05) is 12.3 Å². The van der Waals surface area contributed by atoms with Crippen molar-refractivity contribution in [3.05, 3.63) is 46.2 Å². The van der Waals surface area contributed by atoms with Gasteiger partial charge in [-0.1, -0.05) is 5.16 Å². The van der Waals surface area contributed by atoms with Gasteiger partial charge in [0.05, 0.1) is 0 Å². The van der Waals surface area contributed by atoms with E-state index in [2.05, 4.69) is 15.5 Å². The van der Waals surface area contributed by atoms with E-state index in [0.29, 0.717) is 5.76 Å². The zero-order chi connectivity index (χ0) is 11.5. The van der Waals surface area contributed by atoms with Gasteiger partial charge in [-0.05, 0) is 19.1 Å². The molecule has 6 heteroatoms. The maximum atomic E-state index is 11.6. The second-order valence-electron chi connectivity index (χ2n) is 3.19. The molecule has 0 aliphatic carbocycles. The largest absolute Gasteiger partial charge is 0.361 e. The number of H-pyrrole nitrogens is 1. The van der Waals surface area contributed by atoms with Crippen molar-refractivity contribution >= 4 is 11.6 Å². The molecule has 2 aromatic rings. The maximum Gasteiger partial charge on any atom is 0.278 e. The fraction of sp³-hybridized carbons (Fsp3) is 0.100. The number of nitrogens with zero attached hydrogens (tertiary/aromatic N) is 1. The lowest BCUT2D eigenvalue weighted by molar-refractivity contribution is 0.101. The van der Waals surface area contributed by atoms with E-state index in [1.807, 2.05) is 0 Å². The molecule has 16 heavy (non-hydrogen) atoms. The van der Waals surface area contributed by atoms with Crippen LogP contribution in [-0.2, 0) is 0 Å². The van der Waals surface area contributed by atoms with Crippen LogP contribution in [0.25, 0.3) is 0 Å². The van der Waals surface area contributed by atoms with E-state index in [-0.39, 0.29) is 16.9 Å². The lowest BCUT2D eigenvalue weighted by Crippen LogP contribution is -2.19. The molecule has 6 nitrogen and oxygen atoms in total. The number of carbonyl (C=O) groups is 1. The Bertz CT molecular complexity index is 570. The number of pyridine rings is 1. The third kappa shape index (κ3) is 2.00. The molecule has 2 heterocycles. The van der Waals surface area contributed by atoms with Crippen molar-refractivity contribution in [3.63, 3.8) is 0 Å². The predicted octanol–water partition coefficient (Wildman–Crippen LogP) is 0.924. The Balaban J connectivity index is 2.20. The number of hydrogen-bond donors (Lipinski definition) is 2. The van der Waals surface area contributed by atoms with Gasteiger partial charge in [0.2, 0.25) is 0 Å². The Morgan fingerprint density at radius 2 is 2.38 bits per heavy atom. The minimum atomic E-state index is -0.478. The number of carbonyl (C=O) groups excluding carboxylic acids is 1. The van der Waals surface area contributed by atoms with Crippen molar-refractivity contribution in [2.24, 2.45) is 0 Å². The van der Waals surface area contributed by atoms with Gasteiger partial charge in [-0.2, -0.15) is 0 Å². The Morgan fingerprint density at radius 3 is 3.00 bits per heavy atom. The second-order valence-corrected chi connectivity index (χ2v) is 3.19. The highest BCUT2D eigenvalue weighted by Gasteiger charge is 2.12. The zero-order valence-corrected chi connectivity index (χ0v) is 8.48. The highest BCUT2D eigenvalue weighted by atomic mass is 16.5. The van der Waals surface area contributed by atoms with Gasteiger partial charge >= 0.3 is 0 Å². The summed E-state index contributed by atoms with van der Waals surface area (Å²) in [6.07, 6.45) is 1.48. The molecular weight excluding hydrogens is 210 g/mol. The third-order valence-corrected chi connectivity index (χ3v) is 1.93. The highest BCUT2D eigenvalue weighted by Crippen LogP contribution is 2.04. The van der Waals surface area contributed by atoms with Gasteiger partial charge in [0.25, 0.3) is 11.5 Å².